The summed E-state index contributed by atoms with van der Waals surface area (Å²) in [6.45, 7) is 6.89. The lowest BCUT2D eigenvalue weighted by atomic mass is 10.2. The summed E-state index contributed by atoms with van der Waals surface area (Å²) in [5, 5.41) is 5.32. The molecule has 1 aliphatic rings. The lowest BCUT2D eigenvalue weighted by Crippen LogP contribution is -2.46. The minimum absolute atomic E-state index is 0.255. The highest BCUT2D eigenvalue weighted by molar-refractivity contribution is 7.15. The van der Waals surface area contributed by atoms with Gasteiger partial charge in [-0.25, -0.2) is 4.98 Å². The van der Waals surface area contributed by atoms with Crippen LogP contribution in [0.3, 0.4) is 0 Å². The predicted molar refractivity (Wildman–Crippen MR) is 78.1 cm³/mol. The van der Waals surface area contributed by atoms with E-state index >= 15 is 0 Å². The van der Waals surface area contributed by atoms with Gasteiger partial charge in [0.05, 0.1) is 17.9 Å². The molecule has 2 aromatic rings. The summed E-state index contributed by atoms with van der Waals surface area (Å²) in [5.41, 5.74) is 1.24. The number of hydrogen-bond acceptors (Lipinski definition) is 5. The normalized spacial score (nSPS) is 24.3. The first kappa shape index (κ1) is 12.9. The third-order valence-corrected chi connectivity index (χ3v) is 4.16. The molecule has 1 saturated heterocycles. The van der Waals surface area contributed by atoms with Crippen LogP contribution in [-0.4, -0.2) is 41.7 Å². The zero-order valence-corrected chi connectivity index (χ0v) is 12.4. The standard InChI is InChI=1S/C13H20N4OS/c1-9-7-16(8-10(2)18-9)12-11(6-14-3)17-4-5-19-13(17)15-12/h4-5,9-10,14H,6-8H2,1-3H3/t9-,10+. The van der Waals surface area contributed by atoms with Gasteiger partial charge >= 0.3 is 0 Å². The van der Waals surface area contributed by atoms with Gasteiger partial charge in [-0.05, 0) is 20.9 Å². The first-order chi connectivity index (χ1) is 9.19. The topological polar surface area (TPSA) is 41.8 Å². The molecule has 0 spiro atoms. The molecule has 0 unspecified atom stereocenters. The van der Waals surface area contributed by atoms with Gasteiger partial charge in [-0.1, -0.05) is 0 Å². The molecule has 2 atom stereocenters. The highest BCUT2D eigenvalue weighted by Gasteiger charge is 2.26. The molecule has 3 heterocycles. The van der Waals surface area contributed by atoms with Crippen LogP contribution < -0.4 is 10.2 Å². The second kappa shape index (κ2) is 5.11. The molecular weight excluding hydrogens is 260 g/mol. The highest BCUT2D eigenvalue weighted by atomic mass is 32.1. The fraction of sp³-hybridized carbons (Fsp3) is 0.615. The van der Waals surface area contributed by atoms with E-state index in [0.717, 1.165) is 30.4 Å². The third kappa shape index (κ3) is 2.35. The van der Waals surface area contributed by atoms with Crippen molar-refractivity contribution in [3.8, 4) is 0 Å². The minimum Gasteiger partial charge on any atom is -0.372 e. The lowest BCUT2D eigenvalue weighted by Gasteiger charge is -2.36. The maximum absolute atomic E-state index is 5.80. The Kier molecular flexibility index (Phi) is 3.47. The number of thiazole rings is 1. The maximum atomic E-state index is 5.80. The molecule has 2 aromatic heterocycles. The Morgan fingerprint density at radius 2 is 2.16 bits per heavy atom. The molecule has 0 aromatic carbocycles. The van der Waals surface area contributed by atoms with Gasteiger partial charge in [0, 0.05) is 31.2 Å². The van der Waals surface area contributed by atoms with Crippen molar-refractivity contribution in [1.82, 2.24) is 14.7 Å². The van der Waals surface area contributed by atoms with E-state index in [9.17, 15) is 0 Å². The van der Waals surface area contributed by atoms with E-state index in [2.05, 4.69) is 40.0 Å². The molecular formula is C13H20N4OS. The van der Waals surface area contributed by atoms with Crippen LogP contribution in [0, 0.1) is 0 Å². The van der Waals surface area contributed by atoms with Crippen molar-refractivity contribution in [2.45, 2.75) is 32.6 Å². The number of ether oxygens (including phenoxy) is 1. The minimum atomic E-state index is 0.255. The van der Waals surface area contributed by atoms with Crippen molar-refractivity contribution >= 4 is 22.1 Å². The van der Waals surface area contributed by atoms with Crippen LogP contribution in [0.25, 0.3) is 4.96 Å². The van der Waals surface area contributed by atoms with Crippen molar-refractivity contribution in [2.75, 3.05) is 25.0 Å². The zero-order chi connectivity index (χ0) is 13.4. The Morgan fingerprint density at radius 3 is 2.84 bits per heavy atom. The Balaban J connectivity index is 1.98. The van der Waals surface area contributed by atoms with Gasteiger partial charge in [0.25, 0.3) is 0 Å². The molecule has 0 saturated carbocycles. The highest BCUT2D eigenvalue weighted by Crippen LogP contribution is 2.27. The maximum Gasteiger partial charge on any atom is 0.195 e. The van der Waals surface area contributed by atoms with Gasteiger partial charge in [-0.2, -0.15) is 0 Å². The van der Waals surface area contributed by atoms with Crippen molar-refractivity contribution < 1.29 is 4.74 Å². The Hall–Kier alpha value is -1.11. The summed E-state index contributed by atoms with van der Waals surface area (Å²) >= 11 is 1.68. The first-order valence-electron chi connectivity index (χ1n) is 6.68. The van der Waals surface area contributed by atoms with E-state index < -0.39 is 0 Å². The van der Waals surface area contributed by atoms with E-state index in [-0.39, 0.29) is 12.2 Å². The monoisotopic (exact) mass is 280 g/mol. The van der Waals surface area contributed by atoms with Gasteiger partial charge in [-0.3, -0.25) is 4.40 Å². The number of anilines is 1. The molecule has 5 nitrogen and oxygen atoms in total. The van der Waals surface area contributed by atoms with Crippen molar-refractivity contribution in [3.63, 3.8) is 0 Å². The van der Waals surface area contributed by atoms with Gasteiger partial charge in [0.1, 0.15) is 0 Å². The van der Waals surface area contributed by atoms with E-state index in [1.165, 1.54) is 5.69 Å². The lowest BCUT2D eigenvalue weighted by molar-refractivity contribution is -0.00548. The molecule has 1 aliphatic heterocycles. The molecule has 0 radical (unpaired) electrons. The predicted octanol–water partition coefficient (Wildman–Crippen LogP) is 1.73. The third-order valence-electron chi connectivity index (χ3n) is 3.40. The van der Waals surface area contributed by atoms with Crippen LogP contribution in [0.1, 0.15) is 19.5 Å². The number of morpholine rings is 1. The van der Waals surface area contributed by atoms with Crippen LogP contribution in [-0.2, 0) is 11.3 Å². The fourth-order valence-corrected chi connectivity index (χ4v) is 3.48. The van der Waals surface area contributed by atoms with Gasteiger partial charge in [0.15, 0.2) is 10.8 Å². The van der Waals surface area contributed by atoms with E-state index in [1.54, 1.807) is 11.3 Å². The van der Waals surface area contributed by atoms with E-state index in [4.69, 9.17) is 9.72 Å². The van der Waals surface area contributed by atoms with Crippen LogP contribution in [0.4, 0.5) is 5.82 Å². The molecule has 104 valence electrons. The van der Waals surface area contributed by atoms with E-state index in [1.807, 2.05) is 7.05 Å². The van der Waals surface area contributed by atoms with Gasteiger partial charge in [0.2, 0.25) is 0 Å². The number of fused-ring (bicyclic) bond motifs is 1. The molecule has 0 amide bonds. The number of aromatic nitrogens is 2. The van der Waals surface area contributed by atoms with Crippen LogP contribution >= 0.6 is 11.3 Å². The summed E-state index contributed by atoms with van der Waals surface area (Å²) < 4.78 is 7.99. The molecule has 0 bridgehead atoms. The smallest absolute Gasteiger partial charge is 0.195 e. The average molecular weight is 280 g/mol. The van der Waals surface area contributed by atoms with Crippen molar-refractivity contribution in [1.29, 1.82) is 0 Å². The summed E-state index contributed by atoms with van der Waals surface area (Å²) in [6.07, 6.45) is 2.60. The van der Waals surface area contributed by atoms with Crippen LogP contribution in [0.5, 0.6) is 0 Å². The zero-order valence-electron chi connectivity index (χ0n) is 11.6. The molecule has 3 rings (SSSR count). The fourth-order valence-electron chi connectivity index (χ4n) is 2.76. The number of nitrogens with one attached hydrogen (secondary N) is 1. The van der Waals surface area contributed by atoms with Crippen LogP contribution in [0.15, 0.2) is 11.6 Å². The van der Waals surface area contributed by atoms with Gasteiger partial charge in [-0.15, -0.1) is 11.3 Å². The summed E-state index contributed by atoms with van der Waals surface area (Å²) in [6, 6.07) is 0. The van der Waals surface area contributed by atoms with Crippen molar-refractivity contribution in [2.24, 2.45) is 0 Å². The van der Waals surface area contributed by atoms with Gasteiger partial charge < -0.3 is 15.0 Å². The molecule has 19 heavy (non-hydrogen) atoms. The van der Waals surface area contributed by atoms with E-state index in [0.29, 0.717) is 0 Å². The Morgan fingerprint density at radius 1 is 1.42 bits per heavy atom. The van der Waals surface area contributed by atoms with Crippen LogP contribution in [0.2, 0.25) is 0 Å². The molecule has 0 aliphatic carbocycles. The Labute approximate surface area is 117 Å². The average Bonchev–Trinajstić information content (AvgIpc) is 2.90. The first-order valence-corrected chi connectivity index (χ1v) is 7.56. The molecule has 1 fully saturated rings. The second-order valence-electron chi connectivity index (χ2n) is 5.13. The number of imidazole rings is 1. The number of hydrogen-bond donors (Lipinski definition) is 1. The number of rotatable bonds is 3. The molecule has 6 heteroatoms. The largest absolute Gasteiger partial charge is 0.372 e. The SMILES string of the molecule is CNCc1c(N2C[C@@H](C)O[C@@H](C)C2)nc2sccn12. The number of nitrogens with zero attached hydrogens (tertiary/aromatic N) is 3. The Bertz CT molecular complexity index is 554. The summed E-state index contributed by atoms with van der Waals surface area (Å²) in [4.78, 5) is 8.21. The molecule has 1 N–H and O–H groups in total. The second-order valence-corrected chi connectivity index (χ2v) is 6.00. The summed E-state index contributed by atoms with van der Waals surface area (Å²) in [7, 11) is 1.97. The summed E-state index contributed by atoms with van der Waals surface area (Å²) in [5.74, 6) is 1.10. The quantitative estimate of drug-likeness (QED) is 0.930. The van der Waals surface area contributed by atoms with Crippen molar-refractivity contribution in [3.05, 3.63) is 17.3 Å².